The van der Waals surface area contributed by atoms with Gasteiger partial charge in [0.15, 0.2) is 0 Å². The molecule has 0 unspecified atom stereocenters. The molecule has 1 aromatic rings. The third kappa shape index (κ3) is 7.18. The van der Waals surface area contributed by atoms with Crippen molar-refractivity contribution in [1.82, 2.24) is 14.2 Å². The first-order chi connectivity index (χ1) is 13.0. The normalized spacial score (nSPS) is 11.7. The minimum absolute atomic E-state index is 0.000101. The van der Waals surface area contributed by atoms with Crippen molar-refractivity contribution in [3.63, 3.8) is 0 Å². The van der Waals surface area contributed by atoms with Gasteiger partial charge in [-0.25, -0.2) is 14.7 Å². The summed E-state index contributed by atoms with van der Waals surface area (Å²) >= 11 is 0. The molecule has 0 saturated carbocycles. The van der Waals surface area contributed by atoms with Gasteiger partial charge in [0.25, 0.3) is 11.5 Å². The van der Waals surface area contributed by atoms with Gasteiger partial charge in [0.05, 0.1) is 0 Å². The maximum absolute atomic E-state index is 12.5. The number of hydrogen-bond donors (Lipinski definition) is 1. The molecular weight excluding hydrogens is 386 g/mol. The van der Waals surface area contributed by atoms with Gasteiger partial charge in [-0.05, 0) is 48.5 Å². The lowest BCUT2D eigenvalue weighted by Gasteiger charge is -2.22. The Balaban J connectivity index is 3.10. The maximum Gasteiger partial charge on any atom is 0.425 e. The number of esters is 1. The van der Waals surface area contributed by atoms with Crippen LogP contribution >= 0.6 is 0 Å². The van der Waals surface area contributed by atoms with E-state index in [9.17, 15) is 29.2 Å². The molecule has 0 bridgehead atoms. The van der Waals surface area contributed by atoms with Crippen LogP contribution in [-0.4, -0.2) is 55.1 Å². The lowest BCUT2D eigenvalue weighted by atomic mass is 10.2. The predicted octanol–water partition coefficient (Wildman–Crippen LogP) is 0.661. The first-order valence-electron chi connectivity index (χ1n) is 8.79. The number of amides is 1. The van der Waals surface area contributed by atoms with Crippen molar-refractivity contribution < 1.29 is 29.1 Å². The van der Waals surface area contributed by atoms with E-state index in [0.29, 0.717) is 0 Å². The third-order valence-electron chi connectivity index (χ3n) is 3.20. The number of nitrogens with zero attached hydrogens (tertiary/aromatic N) is 3. The molecule has 0 aliphatic heterocycles. The Morgan fingerprint density at radius 1 is 1.03 bits per heavy atom. The lowest BCUT2D eigenvalue weighted by Crippen LogP contribution is -2.48. The van der Waals surface area contributed by atoms with Crippen molar-refractivity contribution in [2.75, 3.05) is 6.54 Å². The minimum Gasteiger partial charge on any atom is -0.459 e. The van der Waals surface area contributed by atoms with Crippen molar-refractivity contribution in [3.05, 3.63) is 32.6 Å². The van der Waals surface area contributed by atoms with Gasteiger partial charge in [0.2, 0.25) is 0 Å². The molecule has 0 atom stereocenters. The summed E-state index contributed by atoms with van der Waals surface area (Å²) in [4.78, 5) is 60.8. The van der Waals surface area contributed by atoms with Crippen LogP contribution in [0.2, 0.25) is 0 Å². The molecule has 11 heteroatoms. The number of hydrogen-bond acceptors (Lipinski definition) is 8. The first-order valence-corrected chi connectivity index (χ1v) is 8.79. The van der Waals surface area contributed by atoms with Crippen LogP contribution in [0.15, 0.2) is 15.8 Å². The lowest BCUT2D eigenvalue weighted by molar-refractivity contribution is -0.181. The second-order valence-electron chi connectivity index (χ2n) is 8.38. The van der Waals surface area contributed by atoms with Crippen LogP contribution in [0, 0.1) is 6.92 Å². The molecule has 11 nitrogen and oxygen atoms in total. The minimum atomic E-state index is -1.19. The van der Waals surface area contributed by atoms with E-state index in [4.69, 9.17) is 9.47 Å². The summed E-state index contributed by atoms with van der Waals surface area (Å²) in [5.74, 6) is -1.87. The summed E-state index contributed by atoms with van der Waals surface area (Å²) in [6.45, 7) is 9.43. The molecule has 1 N–H and O–H groups in total. The summed E-state index contributed by atoms with van der Waals surface area (Å²) in [6.07, 6.45) is -0.114. The Morgan fingerprint density at radius 3 is 2.03 bits per heavy atom. The molecule has 0 radical (unpaired) electrons. The zero-order valence-corrected chi connectivity index (χ0v) is 17.6. The number of hydroxylamine groups is 2. The van der Waals surface area contributed by atoms with E-state index >= 15 is 0 Å². The number of aromatic nitrogens is 2. The van der Waals surface area contributed by atoms with Gasteiger partial charge in [0, 0.05) is 11.8 Å². The molecule has 1 rings (SSSR count). The van der Waals surface area contributed by atoms with Crippen molar-refractivity contribution in [3.8, 4) is 0 Å². The highest BCUT2D eigenvalue weighted by atomic mass is 16.6. The Hall–Kier alpha value is -2.95. The van der Waals surface area contributed by atoms with Crippen LogP contribution in [0.4, 0.5) is 4.79 Å². The van der Waals surface area contributed by atoms with Crippen molar-refractivity contribution in [2.24, 2.45) is 0 Å². The molecule has 29 heavy (non-hydrogen) atoms. The van der Waals surface area contributed by atoms with Crippen LogP contribution in [0.5, 0.6) is 0 Å². The van der Waals surface area contributed by atoms with E-state index in [2.05, 4.69) is 0 Å². The molecule has 0 aliphatic carbocycles. The fourth-order valence-electron chi connectivity index (χ4n) is 2.13. The van der Waals surface area contributed by atoms with E-state index in [1.165, 1.54) is 6.92 Å². The number of aryl methyl sites for hydroxylation is 1. The fraction of sp³-hybridized carbons (Fsp3) is 0.611. The Kier molecular flexibility index (Phi) is 7.14. The fourth-order valence-corrected chi connectivity index (χ4v) is 2.13. The quantitative estimate of drug-likeness (QED) is 0.432. The standard InChI is InChI=1S/C18H27N3O8/c1-11-8-19(9-12(22)20(27)10-13(23)28-17(2,3)4)15(25)21(14(11)24)16(26)29-18(5,6)7/h8,27H,9-10H2,1-7H3. The molecule has 0 aliphatic rings. The SMILES string of the molecule is Cc1cn(CC(=O)N(O)CC(=O)OC(C)(C)C)c(=O)n(C(=O)OC(C)(C)C)c1=O. The van der Waals surface area contributed by atoms with E-state index in [1.54, 1.807) is 41.5 Å². The molecular formula is C18H27N3O8. The van der Waals surface area contributed by atoms with Crippen LogP contribution in [0.25, 0.3) is 0 Å². The number of carbonyl (C=O) groups is 3. The zero-order chi connectivity index (χ0) is 22.7. The number of rotatable bonds is 4. The summed E-state index contributed by atoms with van der Waals surface area (Å²) in [5, 5.41) is 9.90. The van der Waals surface area contributed by atoms with Crippen LogP contribution in [0.3, 0.4) is 0 Å². The smallest absolute Gasteiger partial charge is 0.425 e. The van der Waals surface area contributed by atoms with Gasteiger partial charge in [0.1, 0.15) is 24.3 Å². The second kappa shape index (κ2) is 8.60. The molecule has 0 aromatic carbocycles. The predicted molar refractivity (Wildman–Crippen MR) is 101 cm³/mol. The highest BCUT2D eigenvalue weighted by Crippen LogP contribution is 2.08. The molecule has 1 heterocycles. The van der Waals surface area contributed by atoms with Gasteiger partial charge in [-0.2, -0.15) is 4.57 Å². The molecule has 0 fully saturated rings. The Morgan fingerprint density at radius 2 is 1.55 bits per heavy atom. The van der Waals surface area contributed by atoms with E-state index in [0.717, 1.165) is 10.8 Å². The Labute approximate surface area is 167 Å². The second-order valence-corrected chi connectivity index (χ2v) is 8.38. The summed E-state index contributed by atoms with van der Waals surface area (Å²) in [6, 6.07) is 0. The van der Waals surface area contributed by atoms with Gasteiger partial charge >= 0.3 is 17.8 Å². The topological polar surface area (TPSA) is 137 Å². The van der Waals surface area contributed by atoms with E-state index in [1.807, 2.05) is 0 Å². The maximum atomic E-state index is 12.5. The summed E-state index contributed by atoms with van der Waals surface area (Å²) in [5.41, 5.74) is -3.77. The monoisotopic (exact) mass is 413 g/mol. The summed E-state index contributed by atoms with van der Waals surface area (Å²) < 4.78 is 11.1. The van der Waals surface area contributed by atoms with Gasteiger partial charge < -0.3 is 9.47 Å². The van der Waals surface area contributed by atoms with Crippen molar-refractivity contribution in [2.45, 2.75) is 66.2 Å². The largest absolute Gasteiger partial charge is 0.459 e. The highest BCUT2D eigenvalue weighted by molar-refractivity contribution is 5.81. The first kappa shape index (κ1) is 24.1. The van der Waals surface area contributed by atoms with Crippen molar-refractivity contribution in [1.29, 1.82) is 0 Å². The zero-order valence-electron chi connectivity index (χ0n) is 17.6. The average molecular weight is 413 g/mol. The van der Waals surface area contributed by atoms with Gasteiger partial charge in [-0.1, -0.05) is 0 Å². The average Bonchev–Trinajstić information content (AvgIpc) is 2.48. The van der Waals surface area contributed by atoms with Crippen LogP contribution in [-0.2, 0) is 25.6 Å². The molecule has 0 spiro atoms. The van der Waals surface area contributed by atoms with Crippen molar-refractivity contribution >= 4 is 18.0 Å². The summed E-state index contributed by atoms with van der Waals surface area (Å²) in [7, 11) is 0. The third-order valence-corrected chi connectivity index (χ3v) is 3.20. The Bertz CT molecular complexity index is 915. The number of ether oxygens (including phenoxy) is 2. The number of carbonyl (C=O) groups excluding carboxylic acids is 3. The van der Waals surface area contributed by atoms with Gasteiger partial charge in [-0.15, -0.1) is 0 Å². The molecule has 162 valence electrons. The van der Waals surface area contributed by atoms with Crippen LogP contribution in [0.1, 0.15) is 47.1 Å². The molecule has 1 amide bonds. The molecule has 0 saturated heterocycles. The van der Waals surface area contributed by atoms with Gasteiger partial charge in [-0.3, -0.25) is 24.2 Å². The highest BCUT2D eigenvalue weighted by Gasteiger charge is 2.25. The van der Waals surface area contributed by atoms with E-state index < -0.39 is 53.5 Å². The van der Waals surface area contributed by atoms with E-state index in [-0.39, 0.29) is 15.2 Å². The molecule has 1 aromatic heterocycles. The van der Waals surface area contributed by atoms with Crippen LogP contribution < -0.4 is 11.2 Å².